The van der Waals surface area contributed by atoms with E-state index in [0.29, 0.717) is 0 Å². The van der Waals surface area contributed by atoms with Crippen LogP contribution in [0.3, 0.4) is 0 Å². The molecule has 1 aliphatic rings. The van der Waals surface area contributed by atoms with Crippen LogP contribution in [0.4, 0.5) is 0 Å². The topological polar surface area (TPSA) is 24.5 Å². The largest absolute Gasteiger partial charge is 0.492 e. The Morgan fingerprint density at radius 1 is 1.24 bits per heavy atom. The summed E-state index contributed by atoms with van der Waals surface area (Å²) in [5.74, 6) is 1.03. The van der Waals surface area contributed by atoms with Crippen LogP contribution < -0.4 is 10.1 Å². The molecule has 0 unspecified atom stereocenters. The van der Waals surface area contributed by atoms with E-state index in [0.717, 1.165) is 45.1 Å². The maximum Gasteiger partial charge on any atom is 0.122 e. The molecule has 3 nitrogen and oxygen atoms in total. The zero-order valence-electron chi connectivity index (χ0n) is 10.8. The van der Waals surface area contributed by atoms with Crippen LogP contribution in [0.2, 0.25) is 0 Å². The van der Waals surface area contributed by atoms with Crippen LogP contribution in [0.15, 0.2) is 18.2 Å². The lowest BCUT2D eigenvalue weighted by Crippen LogP contribution is -2.44. The zero-order valence-corrected chi connectivity index (χ0v) is 10.8. The summed E-state index contributed by atoms with van der Waals surface area (Å²) in [7, 11) is 0. The summed E-state index contributed by atoms with van der Waals surface area (Å²) in [5, 5.41) is 3.36. The van der Waals surface area contributed by atoms with Gasteiger partial charge in [-0.25, -0.2) is 0 Å². The van der Waals surface area contributed by atoms with Gasteiger partial charge in [0.2, 0.25) is 0 Å². The molecule has 1 heterocycles. The van der Waals surface area contributed by atoms with Gasteiger partial charge >= 0.3 is 0 Å². The molecule has 94 valence electrons. The Kier molecular flexibility index (Phi) is 4.40. The molecule has 0 radical (unpaired) electrons. The van der Waals surface area contributed by atoms with Gasteiger partial charge in [-0.15, -0.1) is 0 Å². The Labute approximate surface area is 104 Å². The van der Waals surface area contributed by atoms with Gasteiger partial charge in [-0.1, -0.05) is 12.1 Å². The lowest BCUT2D eigenvalue weighted by Gasteiger charge is -2.27. The minimum absolute atomic E-state index is 0.782. The zero-order chi connectivity index (χ0) is 12.1. The Bertz CT molecular complexity index is 359. The third-order valence-electron chi connectivity index (χ3n) is 3.22. The Balaban J connectivity index is 1.79. The highest BCUT2D eigenvalue weighted by Gasteiger charge is 2.09. The highest BCUT2D eigenvalue weighted by atomic mass is 16.5. The smallest absolute Gasteiger partial charge is 0.122 e. The Hall–Kier alpha value is -1.06. The summed E-state index contributed by atoms with van der Waals surface area (Å²) in [6.07, 6.45) is 0. The predicted octanol–water partition coefficient (Wildman–Crippen LogP) is 1.59. The van der Waals surface area contributed by atoms with E-state index in [9.17, 15) is 0 Å². The van der Waals surface area contributed by atoms with Crippen LogP contribution in [0.25, 0.3) is 0 Å². The molecule has 1 saturated heterocycles. The maximum absolute atomic E-state index is 5.86. The van der Waals surface area contributed by atoms with Gasteiger partial charge in [-0.2, -0.15) is 0 Å². The minimum Gasteiger partial charge on any atom is -0.492 e. The SMILES string of the molecule is Cc1ccc(C)c(OCCN2CCNCC2)c1. The number of piperazine rings is 1. The van der Waals surface area contributed by atoms with Gasteiger partial charge < -0.3 is 10.1 Å². The molecule has 1 aromatic carbocycles. The Morgan fingerprint density at radius 3 is 2.76 bits per heavy atom. The molecule has 1 N–H and O–H groups in total. The predicted molar refractivity (Wildman–Crippen MR) is 70.7 cm³/mol. The lowest BCUT2D eigenvalue weighted by molar-refractivity contribution is 0.191. The molecular weight excluding hydrogens is 212 g/mol. The van der Waals surface area contributed by atoms with Crippen molar-refractivity contribution in [3.63, 3.8) is 0 Å². The number of nitrogens with zero attached hydrogens (tertiary/aromatic N) is 1. The van der Waals surface area contributed by atoms with Crippen molar-refractivity contribution in [1.82, 2.24) is 10.2 Å². The van der Waals surface area contributed by atoms with E-state index in [1.54, 1.807) is 0 Å². The monoisotopic (exact) mass is 234 g/mol. The maximum atomic E-state index is 5.86. The van der Waals surface area contributed by atoms with E-state index in [-0.39, 0.29) is 0 Å². The van der Waals surface area contributed by atoms with Crippen LogP contribution >= 0.6 is 0 Å². The van der Waals surface area contributed by atoms with Crippen molar-refractivity contribution in [2.45, 2.75) is 13.8 Å². The molecular formula is C14H22N2O. The molecule has 0 saturated carbocycles. The summed E-state index contributed by atoms with van der Waals surface area (Å²) in [4.78, 5) is 2.45. The average Bonchev–Trinajstić information content (AvgIpc) is 2.35. The second-order valence-electron chi connectivity index (χ2n) is 4.71. The first-order valence-electron chi connectivity index (χ1n) is 6.39. The van der Waals surface area contributed by atoms with Crippen molar-refractivity contribution in [3.05, 3.63) is 29.3 Å². The number of rotatable bonds is 4. The van der Waals surface area contributed by atoms with E-state index >= 15 is 0 Å². The summed E-state index contributed by atoms with van der Waals surface area (Å²) in [6, 6.07) is 6.36. The van der Waals surface area contributed by atoms with Crippen LogP contribution in [0.5, 0.6) is 5.75 Å². The van der Waals surface area contributed by atoms with Crippen molar-refractivity contribution in [1.29, 1.82) is 0 Å². The molecule has 3 heteroatoms. The van der Waals surface area contributed by atoms with Gasteiger partial charge in [0, 0.05) is 32.7 Å². The second kappa shape index (κ2) is 6.03. The van der Waals surface area contributed by atoms with Crippen molar-refractivity contribution >= 4 is 0 Å². The number of aryl methyl sites for hydroxylation is 2. The number of benzene rings is 1. The van der Waals surface area contributed by atoms with E-state index < -0.39 is 0 Å². The molecule has 1 fully saturated rings. The van der Waals surface area contributed by atoms with Gasteiger partial charge in [-0.3, -0.25) is 4.90 Å². The highest BCUT2D eigenvalue weighted by molar-refractivity contribution is 5.35. The summed E-state index contributed by atoms with van der Waals surface area (Å²) >= 11 is 0. The number of ether oxygens (including phenoxy) is 1. The van der Waals surface area contributed by atoms with Crippen LogP contribution in [0, 0.1) is 13.8 Å². The molecule has 0 atom stereocenters. The minimum atomic E-state index is 0.782. The molecule has 0 spiro atoms. The first-order chi connectivity index (χ1) is 8.25. The first-order valence-corrected chi connectivity index (χ1v) is 6.39. The number of hydrogen-bond acceptors (Lipinski definition) is 3. The third-order valence-corrected chi connectivity index (χ3v) is 3.22. The normalized spacial score (nSPS) is 17.1. The van der Waals surface area contributed by atoms with Gasteiger partial charge in [0.15, 0.2) is 0 Å². The molecule has 0 amide bonds. The molecule has 17 heavy (non-hydrogen) atoms. The fourth-order valence-electron chi connectivity index (χ4n) is 2.08. The summed E-state index contributed by atoms with van der Waals surface area (Å²) < 4.78 is 5.86. The average molecular weight is 234 g/mol. The first kappa shape index (κ1) is 12.4. The van der Waals surface area contributed by atoms with E-state index in [1.807, 2.05) is 0 Å². The molecule has 1 aromatic rings. The van der Waals surface area contributed by atoms with Crippen molar-refractivity contribution in [2.75, 3.05) is 39.3 Å². The van der Waals surface area contributed by atoms with Gasteiger partial charge in [-0.05, 0) is 31.0 Å². The third kappa shape index (κ3) is 3.72. The van der Waals surface area contributed by atoms with Crippen molar-refractivity contribution < 1.29 is 4.74 Å². The van der Waals surface area contributed by atoms with E-state index in [2.05, 4.69) is 42.3 Å². The number of hydrogen-bond donors (Lipinski definition) is 1. The molecule has 2 rings (SSSR count). The van der Waals surface area contributed by atoms with Gasteiger partial charge in [0.25, 0.3) is 0 Å². The van der Waals surface area contributed by atoms with Gasteiger partial charge in [0.05, 0.1) is 0 Å². The Morgan fingerprint density at radius 2 is 2.00 bits per heavy atom. The molecule has 1 aliphatic heterocycles. The quantitative estimate of drug-likeness (QED) is 0.856. The van der Waals surface area contributed by atoms with E-state index in [1.165, 1.54) is 11.1 Å². The van der Waals surface area contributed by atoms with Crippen LogP contribution in [-0.4, -0.2) is 44.2 Å². The highest BCUT2D eigenvalue weighted by Crippen LogP contribution is 2.18. The summed E-state index contributed by atoms with van der Waals surface area (Å²) in [5.41, 5.74) is 2.48. The number of nitrogens with one attached hydrogen (secondary N) is 1. The van der Waals surface area contributed by atoms with Gasteiger partial charge in [0.1, 0.15) is 12.4 Å². The fraction of sp³-hybridized carbons (Fsp3) is 0.571. The van der Waals surface area contributed by atoms with E-state index in [4.69, 9.17) is 4.74 Å². The standard InChI is InChI=1S/C14H22N2O/c1-12-3-4-13(2)14(11-12)17-10-9-16-7-5-15-6-8-16/h3-4,11,15H,5-10H2,1-2H3. The van der Waals surface area contributed by atoms with Crippen LogP contribution in [-0.2, 0) is 0 Å². The molecule has 0 bridgehead atoms. The summed E-state index contributed by atoms with van der Waals surface area (Å²) in [6.45, 7) is 10.5. The van der Waals surface area contributed by atoms with Crippen molar-refractivity contribution in [3.8, 4) is 5.75 Å². The lowest BCUT2D eigenvalue weighted by atomic mass is 10.1. The second-order valence-corrected chi connectivity index (χ2v) is 4.71. The fourth-order valence-corrected chi connectivity index (χ4v) is 2.08. The molecule has 0 aliphatic carbocycles. The van der Waals surface area contributed by atoms with Crippen molar-refractivity contribution in [2.24, 2.45) is 0 Å². The molecule has 0 aromatic heterocycles. The van der Waals surface area contributed by atoms with Crippen LogP contribution in [0.1, 0.15) is 11.1 Å².